The molecule has 1 aromatic carbocycles. The van der Waals surface area contributed by atoms with Crippen molar-refractivity contribution in [1.29, 1.82) is 0 Å². The first kappa shape index (κ1) is 13.9. The molecular weight excluding hydrogens is 250 g/mol. The summed E-state index contributed by atoms with van der Waals surface area (Å²) < 4.78 is 5.70. The van der Waals surface area contributed by atoms with Crippen LogP contribution in [0.4, 0.5) is 0 Å². The zero-order valence-corrected chi connectivity index (χ0v) is 12.3. The summed E-state index contributed by atoms with van der Waals surface area (Å²) in [6, 6.07) is 8.97. The minimum atomic E-state index is -0.688. The number of ether oxygens (including phenoxy) is 1. The van der Waals surface area contributed by atoms with Gasteiger partial charge < -0.3 is 15.2 Å². The first-order chi connectivity index (χ1) is 9.69. The van der Waals surface area contributed by atoms with Crippen molar-refractivity contribution >= 4 is 0 Å². The lowest BCUT2D eigenvalue weighted by Gasteiger charge is -2.45. The van der Waals surface area contributed by atoms with E-state index in [1.807, 2.05) is 24.3 Å². The van der Waals surface area contributed by atoms with Crippen molar-refractivity contribution < 1.29 is 9.84 Å². The molecule has 2 atom stereocenters. The number of rotatable bonds is 4. The summed E-state index contributed by atoms with van der Waals surface area (Å²) in [6.45, 7) is 2.83. The fraction of sp³-hybridized carbons (Fsp3) is 0.647. The Bertz CT molecular complexity index is 448. The Labute approximate surface area is 121 Å². The van der Waals surface area contributed by atoms with E-state index in [1.165, 1.54) is 19.3 Å². The van der Waals surface area contributed by atoms with Crippen LogP contribution in [-0.4, -0.2) is 23.8 Å². The molecule has 3 heteroatoms. The van der Waals surface area contributed by atoms with Gasteiger partial charge in [-0.15, -0.1) is 0 Å². The second-order valence-corrected chi connectivity index (χ2v) is 6.31. The first-order valence-electron chi connectivity index (χ1n) is 7.91. The summed E-state index contributed by atoms with van der Waals surface area (Å²) in [5.74, 6) is 0.876. The van der Waals surface area contributed by atoms with Gasteiger partial charge >= 0.3 is 0 Å². The Morgan fingerprint density at radius 2 is 2.05 bits per heavy atom. The van der Waals surface area contributed by atoms with E-state index in [0.29, 0.717) is 12.1 Å². The van der Waals surface area contributed by atoms with Crippen LogP contribution in [0.3, 0.4) is 0 Å². The monoisotopic (exact) mass is 275 g/mol. The van der Waals surface area contributed by atoms with Crippen molar-refractivity contribution in [3.63, 3.8) is 0 Å². The molecule has 0 amide bonds. The number of hydrogen-bond acceptors (Lipinski definition) is 3. The van der Waals surface area contributed by atoms with E-state index in [0.717, 1.165) is 37.2 Å². The molecule has 20 heavy (non-hydrogen) atoms. The summed E-state index contributed by atoms with van der Waals surface area (Å²) in [4.78, 5) is 0. The van der Waals surface area contributed by atoms with Gasteiger partial charge in [-0.2, -0.15) is 0 Å². The number of nitrogens with one attached hydrogen (secondary N) is 1. The molecule has 1 aromatic rings. The molecule has 2 heterocycles. The predicted octanol–water partition coefficient (Wildman–Crippen LogP) is 2.97. The van der Waals surface area contributed by atoms with Gasteiger partial charge in [-0.1, -0.05) is 25.5 Å². The number of hydrogen-bond donors (Lipinski definition) is 2. The van der Waals surface area contributed by atoms with Gasteiger partial charge in [-0.3, -0.25) is 0 Å². The highest BCUT2D eigenvalue weighted by molar-refractivity contribution is 5.33. The third kappa shape index (κ3) is 2.84. The van der Waals surface area contributed by atoms with E-state index < -0.39 is 5.60 Å². The summed E-state index contributed by atoms with van der Waals surface area (Å²) in [6.07, 6.45) is 6.30. The maximum atomic E-state index is 11.1. The van der Waals surface area contributed by atoms with Crippen molar-refractivity contribution in [2.45, 2.75) is 63.1 Å². The maximum Gasteiger partial charge on any atom is 0.119 e. The molecule has 2 N–H and O–H groups in total. The number of piperidine rings is 2. The molecule has 0 aliphatic carbocycles. The zero-order chi connectivity index (χ0) is 14.0. The molecule has 2 unspecified atom stereocenters. The zero-order valence-electron chi connectivity index (χ0n) is 12.3. The largest absolute Gasteiger partial charge is 0.494 e. The molecule has 3 nitrogen and oxygen atoms in total. The average molecular weight is 275 g/mol. The molecular formula is C17H25NO2. The average Bonchev–Trinajstić information content (AvgIpc) is 2.45. The Balaban J connectivity index is 1.80. The van der Waals surface area contributed by atoms with Crippen LogP contribution in [0.2, 0.25) is 0 Å². The highest BCUT2D eigenvalue weighted by Gasteiger charge is 2.41. The summed E-state index contributed by atoms with van der Waals surface area (Å²) in [7, 11) is 0. The smallest absolute Gasteiger partial charge is 0.119 e. The van der Waals surface area contributed by atoms with E-state index in [-0.39, 0.29) is 0 Å². The molecule has 0 saturated carbocycles. The highest BCUT2D eigenvalue weighted by Crippen LogP contribution is 2.40. The van der Waals surface area contributed by atoms with Gasteiger partial charge in [0.05, 0.1) is 12.2 Å². The fourth-order valence-electron chi connectivity index (χ4n) is 3.66. The van der Waals surface area contributed by atoms with Crippen molar-refractivity contribution in [2.75, 3.05) is 6.61 Å². The third-order valence-corrected chi connectivity index (χ3v) is 4.59. The molecule has 3 rings (SSSR count). The molecule has 2 aliphatic heterocycles. The molecule has 2 bridgehead atoms. The number of fused-ring (bicyclic) bond motifs is 2. The topological polar surface area (TPSA) is 41.5 Å². The first-order valence-corrected chi connectivity index (χ1v) is 7.91. The van der Waals surface area contributed by atoms with Crippen LogP contribution in [0.15, 0.2) is 24.3 Å². The lowest BCUT2D eigenvalue weighted by Crippen LogP contribution is -2.54. The summed E-state index contributed by atoms with van der Waals surface area (Å²) in [5.41, 5.74) is 0.330. The minimum Gasteiger partial charge on any atom is -0.494 e. The molecule has 0 radical (unpaired) electrons. The van der Waals surface area contributed by atoms with Crippen LogP contribution in [0.25, 0.3) is 0 Å². The van der Waals surface area contributed by atoms with E-state index in [1.54, 1.807) is 0 Å². The standard InChI is InChI=1S/C17H25NO2/c1-2-9-20-16-8-3-5-13(10-16)17(19)11-14-6-4-7-15(12-17)18-14/h3,5,8,10,14-15,18-19H,2,4,6-7,9,11-12H2,1H3. The fourth-order valence-corrected chi connectivity index (χ4v) is 3.66. The van der Waals surface area contributed by atoms with Crippen molar-refractivity contribution in [2.24, 2.45) is 0 Å². The van der Waals surface area contributed by atoms with Gasteiger partial charge in [0.2, 0.25) is 0 Å². The second kappa shape index (κ2) is 5.74. The lowest BCUT2D eigenvalue weighted by molar-refractivity contribution is -0.0360. The lowest BCUT2D eigenvalue weighted by atomic mass is 9.74. The van der Waals surface area contributed by atoms with E-state index in [2.05, 4.69) is 12.2 Å². The maximum absolute atomic E-state index is 11.1. The van der Waals surface area contributed by atoms with Crippen molar-refractivity contribution in [3.8, 4) is 5.75 Å². The molecule has 2 saturated heterocycles. The number of benzene rings is 1. The van der Waals surface area contributed by atoms with Crippen LogP contribution < -0.4 is 10.1 Å². The van der Waals surface area contributed by atoms with E-state index in [4.69, 9.17) is 4.74 Å². The van der Waals surface area contributed by atoms with Gasteiger partial charge in [-0.25, -0.2) is 0 Å². The Hall–Kier alpha value is -1.06. The Morgan fingerprint density at radius 3 is 2.75 bits per heavy atom. The van der Waals surface area contributed by atoms with E-state index in [9.17, 15) is 5.11 Å². The van der Waals surface area contributed by atoms with Gasteiger partial charge in [0.15, 0.2) is 0 Å². The molecule has 2 aliphatic rings. The minimum absolute atomic E-state index is 0.465. The Morgan fingerprint density at radius 1 is 1.30 bits per heavy atom. The summed E-state index contributed by atoms with van der Waals surface area (Å²) >= 11 is 0. The molecule has 0 spiro atoms. The van der Waals surface area contributed by atoms with Gasteiger partial charge in [-0.05, 0) is 49.8 Å². The van der Waals surface area contributed by atoms with Crippen LogP contribution in [0.5, 0.6) is 5.75 Å². The molecule has 110 valence electrons. The Kier molecular flexibility index (Phi) is 3.99. The van der Waals surface area contributed by atoms with Crippen LogP contribution >= 0.6 is 0 Å². The quantitative estimate of drug-likeness (QED) is 0.887. The SMILES string of the molecule is CCCOc1cccc(C2(O)CC3CCCC(C2)N3)c1. The normalized spacial score (nSPS) is 32.9. The van der Waals surface area contributed by atoms with Crippen LogP contribution in [0, 0.1) is 0 Å². The summed E-state index contributed by atoms with van der Waals surface area (Å²) in [5, 5.41) is 14.7. The van der Waals surface area contributed by atoms with Gasteiger partial charge in [0.1, 0.15) is 5.75 Å². The molecule has 2 fully saturated rings. The van der Waals surface area contributed by atoms with E-state index >= 15 is 0 Å². The van der Waals surface area contributed by atoms with Crippen molar-refractivity contribution in [3.05, 3.63) is 29.8 Å². The van der Waals surface area contributed by atoms with Crippen LogP contribution in [0.1, 0.15) is 51.0 Å². The van der Waals surface area contributed by atoms with Gasteiger partial charge in [0.25, 0.3) is 0 Å². The van der Waals surface area contributed by atoms with Crippen LogP contribution in [-0.2, 0) is 5.60 Å². The second-order valence-electron chi connectivity index (χ2n) is 6.31. The predicted molar refractivity (Wildman–Crippen MR) is 79.9 cm³/mol. The number of aliphatic hydroxyl groups is 1. The van der Waals surface area contributed by atoms with Crippen molar-refractivity contribution in [1.82, 2.24) is 5.32 Å². The molecule has 0 aromatic heterocycles. The highest BCUT2D eigenvalue weighted by atomic mass is 16.5. The van der Waals surface area contributed by atoms with Gasteiger partial charge in [0, 0.05) is 12.1 Å². The third-order valence-electron chi connectivity index (χ3n) is 4.59.